The number of carbonyl (C=O) groups excluding carboxylic acids is 1. The number of hydrogen-bond acceptors (Lipinski definition) is 2. The number of rotatable bonds is 2. The van der Waals surface area contributed by atoms with Gasteiger partial charge in [0.05, 0.1) is 0 Å². The summed E-state index contributed by atoms with van der Waals surface area (Å²) >= 11 is 0. The van der Waals surface area contributed by atoms with Crippen LogP contribution in [-0.4, -0.2) is 28.1 Å². The smallest absolute Gasteiger partial charge is 0.243 e. The fourth-order valence-corrected chi connectivity index (χ4v) is 2.63. The van der Waals surface area contributed by atoms with Crippen molar-refractivity contribution >= 4 is 5.91 Å². The molecule has 1 aliphatic heterocycles. The van der Waals surface area contributed by atoms with E-state index in [0.717, 1.165) is 5.06 Å². The summed E-state index contributed by atoms with van der Waals surface area (Å²) in [5.74, 6) is -0.170. The Morgan fingerprint density at radius 2 is 1.75 bits per heavy atom. The molecule has 0 saturated carbocycles. The first-order valence-corrected chi connectivity index (χ1v) is 5.59. The van der Waals surface area contributed by atoms with E-state index in [9.17, 15) is 10.0 Å². The van der Waals surface area contributed by atoms with E-state index in [0.29, 0.717) is 12.8 Å². The van der Waals surface area contributed by atoms with Gasteiger partial charge in [-0.25, -0.2) is 0 Å². The van der Waals surface area contributed by atoms with Crippen molar-refractivity contribution in [3.63, 3.8) is 0 Å². The number of hydroxylamine groups is 2. The van der Waals surface area contributed by atoms with E-state index in [1.807, 2.05) is 27.7 Å². The molecule has 0 atom stereocenters. The van der Waals surface area contributed by atoms with Gasteiger partial charge in [0, 0.05) is 17.1 Å². The minimum Gasteiger partial charge on any atom is -0.350 e. The minimum atomic E-state index is -0.444. The molecule has 0 aromatic heterocycles. The molecule has 0 aliphatic carbocycles. The Bertz CT molecular complexity index is 279. The summed E-state index contributed by atoms with van der Waals surface area (Å²) in [5, 5.41) is 16.1. The lowest BCUT2D eigenvalue weighted by atomic mass is 9.79. The molecule has 1 radical (unpaired) electrons. The first kappa shape index (κ1) is 13.2. The molecule has 0 spiro atoms. The van der Waals surface area contributed by atoms with Crippen LogP contribution >= 0.6 is 0 Å². The zero-order valence-electron chi connectivity index (χ0n) is 10.5. The highest BCUT2D eigenvalue weighted by molar-refractivity contribution is 5.87. The molecule has 1 saturated heterocycles. The number of hydrogen-bond donors (Lipinski definition) is 1. The van der Waals surface area contributed by atoms with Crippen LogP contribution in [0.3, 0.4) is 0 Å². The molecule has 1 fully saturated rings. The van der Waals surface area contributed by atoms with Crippen LogP contribution in [0.25, 0.3) is 0 Å². The van der Waals surface area contributed by atoms with Crippen LogP contribution in [0, 0.1) is 0 Å². The molecule has 16 heavy (non-hydrogen) atoms. The Morgan fingerprint density at radius 3 is 2.12 bits per heavy atom. The van der Waals surface area contributed by atoms with Crippen LogP contribution in [0.5, 0.6) is 0 Å². The Morgan fingerprint density at radius 1 is 1.31 bits per heavy atom. The van der Waals surface area contributed by atoms with Crippen molar-refractivity contribution in [2.45, 2.75) is 57.7 Å². The third-order valence-electron chi connectivity index (χ3n) is 3.12. The van der Waals surface area contributed by atoms with Crippen molar-refractivity contribution in [1.29, 1.82) is 0 Å². The summed E-state index contributed by atoms with van der Waals surface area (Å²) in [6.45, 7) is 11.1. The van der Waals surface area contributed by atoms with Gasteiger partial charge in [0.15, 0.2) is 0 Å². The zero-order valence-corrected chi connectivity index (χ0v) is 10.5. The summed E-state index contributed by atoms with van der Waals surface area (Å²) in [6, 6.07) is 0.0423. The molecule has 1 heterocycles. The number of nitrogens with one attached hydrogen (secondary N) is 1. The summed E-state index contributed by atoms with van der Waals surface area (Å²) in [7, 11) is 0. The molecular formula is C12H21N2O2. The topological polar surface area (TPSA) is 52.2 Å². The summed E-state index contributed by atoms with van der Waals surface area (Å²) in [6.07, 6.45) is 2.60. The summed E-state index contributed by atoms with van der Waals surface area (Å²) in [4.78, 5) is 11.3. The average Bonchev–Trinajstić information content (AvgIpc) is 2.13. The lowest BCUT2D eigenvalue weighted by Crippen LogP contribution is -2.62. The van der Waals surface area contributed by atoms with Gasteiger partial charge in [-0.15, -0.1) is 10.3 Å². The Balaban J connectivity index is 2.78. The van der Waals surface area contributed by atoms with E-state index in [1.165, 1.54) is 6.08 Å². The van der Waals surface area contributed by atoms with E-state index in [1.54, 1.807) is 0 Å². The predicted octanol–water partition coefficient (Wildman–Crippen LogP) is 1.66. The van der Waals surface area contributed by atoms with Crippen LogP contribution in [0.4, 0.5) is 0 Å². The molecule has 91 valence electrons. The van der Waals surface area contributed by atoms with Gasteiger partial charge in [0.1, 0.15) is 0 Å². The fourth-order valence-electron chi connectivity index (χ4n) is 2.63. The van der Waals surface area contributed by atoms with E-state index < -0.39 is 11.1 Å². The van der Waals surface area contributed by atoms with Crippen molar-refractivity contribution in [1.82, 2.24) is 10.4 Å². The number of nitrogens with zero attached hydrogens (tertiary/aromatic N) is 1. The number of amides is 1. The molecular weight excluding hydrogens is 204 g/mol. The lowest BCUT2D eigenvalue weighted by Gasteiger charge is -2.49. The normalized spacial score (nSPS) is 25.1. The van der Waals surface area contributed by atoms with Gasteiger partial charge in [-0.3, -0.25) is 4.79 Å². The second kappa shape index (κ2) is 4.18. The van der Waals surface area contributed by atoms with Crippen molar-refractivity contribution < 1.29 is 10.0 Å². The van der Waals surface area contributed by atoms with Crippen molar-refractivity contribution in [3.8, 4) is 0 Å². The highest BCUT2D eigenvalue weighted by atomic mass is 16.5. The van der Waals surface area contributed by atoms with E-state index in [4.69, 9.17) is 0 Å². The van der Waals surface area contributed by atoms with Gasteiger partial charge in [0.2, 0.25) is 5.91 Å². The standard InChI is InChI=1S/C12H21N2O2/c1-6-10(15)13-9-7-11(2,3)14(16)12(4,5)8-9/h6,9H,1,7-8H2,2-5H3,(H,13,15). The average molecular weight is 225 g/mol. The molecule has 1 aliphatic rings. The molecule has 4 nitrogen and oxygen atoms in total. The number of carbonyl (C=O) groups is 1. The molecule has 1 rings (SSSR count). The summed E-state index contributed by atoms with van der Waals surface area (Å²) < 4.78 is 0. The highest BCUT2D eigenvalue weighted by Crippen LogP contribution is 2.36. The maximum absolute atomic E-state index is 12.1. The Labute approximate surface area is 97.3 Å². The monoisotopic (exact) mass is 225 g/mol. The maximum atomic E-state index is 12.1. The second-order valence-electron chi connectivity index (χ2n) is 5.74. The fraction of sp³-hybridized carbons (Fsp3) is 0.750. The van der Waals surface area contributed by atoms with Crippen molar-refractivity contribution in [2.75, 3.05) is 0 Å². The van der Waals surface area contributed by atoms with Crippen molar-refractivity contribution in [2.24, 2.45) is 0 Å². The first-order valence-electron chi connectivity index (χ1n) is 5.59. The molecule has 4 heteroatoms. The second-order valence-corrected chi connectivity index (χ2v) is 5.74. The predicted molar refractivity (Wildman–Crippen MR) is 62.0 cm³/mol. The lowest BCUT2D eigenvalue weighted by molar-refractivity contribution is -0.289. The van der Waals surface area contributed by atoms with Gasteiger partial charge in [0.25, 0.3) is 0 Å². The molecule has 0 bridgehead atoms. The van der Waals surface area contributed by atoms with Gasteiger partial charge in [-0.2, -0.15) is 0 Å². The highest BCUT2D eigenvalue weighted by Gasteiger charge is 2.46. The van der Waals surface area contributed by atoms with Crippen LogP contribution < -0.4 is 5.32 Å². The van der Waals surface area contributed by atoms with Gasteiger partial charge in [-0.05, 0) is 46.6 Å². The Hall–Kier alpha value is -0.870. The third kappa shape index (κ3) is 2.62. The Kier molecular flexibility index (Phi) is 3.45. The van der Waals surface area contributed by atoms with Gasteiger partial charge in [-0.1, -0.05) is 6.58 Å². The van der Waals surface area contributed by atoms with E-state index >= 15 is 0 Å². The van der Waals surface area contributed by atoms with Gasteiger partial charge < -0.3 is 5.32 Å². The number of piperidine rings is 1. The summed E-state index contributed by atoms with van der Waals surface area (Å²) in [5.41, 5.74) is -0.887. The third-order valence-corrected chi connectivity index (χ3v) is 3.12. The molecule has 0 aromatic rings. The van der Waals surface area contributed by atoms with Crippen molar-refractivity contribution in [3.05, 3.63) is 12.7 Å². The molecule has 0 aromatic carbocycles. The maximum Gasteiger partial charge on any atom is 0.243 e. The van der Waals surface area contributed by atoms with Crippen LogP contribution in [0.1, 0.15) is 40.5 Å². The first-order chi connectivity index (χ1) is 7.19. The zero-order chi connectivity index (χ0) is 12.6. The van der Waals surface area contributed by atoms with Crippen LogP contribution in [0.15, 0.2) is 12.7 Å². The van der Waals surface area contributed by atoms with Crippen LogP contribution in [0.2, 0.25) is 0 Å². The minimum absolute atomic E-state index is 0.0423. The van der Waals surface area contributed by atoms with Crippen LogP contribution in [-0.2, 0) is 10.0 Å². The molecule has 0 unspecified atom stereocenters. The molecule has 1 N–H and O–H groups in total. The van der Waals surface area contributed by atoms with E-state index in [-0.39, 0.29) is 11.9 Å². The molecule has 1 amide bonds. The van der Waals surface area contributed by atoms with Gasteiger partial charge >= 0.3 is 0 Å². The van der Waals surface area contributed by atoms with E-state index in [2.05, 4.69) is 11.9 Å². The SMILES string of the molecule is C=CC(=O)NC1CC(C)(C)N([O])C(C)(C)C1. The quantitative estimate of drug-likeness (QED) is 0.727. The largest absolute Gasteiger partial charge is 0.350 e.